The third-order valence-corrected chi connectivity index (χ3v) is 2.94. The first-order valence-electron chi connectivity index (χ1n) is 5.49. The molecule has 2 aromatic rings. The highest BCUT2D eigenvalue weighted by atomic mass is 16.5. The van der Waals surface area contributed by atoms with Crippen LogP contribution in [0, 0.1) is 0 Å². The van der Waals surface area contributed by atoms with Gasteiger partial charge in [-0.25, -0.2) is 0 Å². The van der Waals surface area contributed by atoms with Gasteiger partial charge < -0.3 is 14.4 Å². The number of benzene rings is 1. The lowest BCUT2D eigenvalue weighted by Gasteiger charge is -2.10. The van der Waals surface area contributed by atoms with Gasteiger partial charge in [0, 0.05) is 36.3 Å². The van der Waals surface area contributed by atoms with Crippen molar-refractivity contribution in [3.05, 3.63) is 30.0 Å². The van der Waals surface area contributed by atoms with Crippen molar-refractivity contribution in [2.24, 2.45) is 7.05 Å². The van der Waals surface area contributed by atoms with Crippen LogP contribution in [0.3, 0.4) is 0 Å². The molecule has 0 atom stereocenters. The third-order valence-electron chi connectivity index (χ3n) is 2.94. The van der Waals surface area contributed by atoms with Gasteiger partial charge in [0.15, 0.2) is 0 Å². The molecule has 0 fully saturated rings. The lowest BCUT2D eigenvalue weighted by Crippen LogP contribution is -1.96. The van der Waals surface area contributed by atoms with Crippen LogP contribution in [-0.4, -0.2) is 23.4 Å². The van der Waals surface area contributed by atoms with Crippen LogP contribution in [0.25, 0.3) is 10.9 Å². The normalized spacial score (nSPS) is 10.9. The Kier molecular flexibility index (Phi) is 3.15. The Morgan fingerprint density at radius 2 is 2.12 bits per heavy atom. The Labute approximate surface area is 95.3 Å². The Morgan fingerprint density at radius 3 is 2.81 bits per heavy atom. The van der Waals surface area contributed by atoms with Crippen LogP contribution in [0.15, 0.2) is 24.4 Å². The van der Waals surface area contributed by atoms with Crippen LogP contribution in [0.5, 0.6) is 5.75 Å². The van der Waals surface area contributed by atoms with E-state index in [2.05, 4.69) is 16.7 Å². The van der Waals surface area contributed by atoms with Crippen molar-refractivity contribution in [2.45, 2.75) is 12.8 Å². The molecule has 0 bridgehead atoms. The summed E-state index contributed by atoms with van der Waals surface area (Å²) in [6.45, 7) is 0.215. The highest BCUT2D eigenvalue weighted by Crippen LogP contribution is 2.29. The highest BCUT2D eigenvalue weighted by molar-refractivity contribution is 5.86. The zero-order valence-corrected chi connectivity index (χ0v) is 9.73. The highest BCUT2D eigenvalue weighted by Gasteiger charge is 2.09. The fourth-order valence-electron chi connectivity index (χ4n) is 2.10. The number of aliphatic hydroxyl groups is 1. The summed E-state index contributed by atoms with van der Waals surface area (Å²) in [6, 6.07) is 6.16. The largest absolute Gasteiger partial charge is 0.496 e. The molecule has 86 valence electrons. The summed E-state index contributed by atoms with van der Waals surface area (Å²) in [6.07, 6.45) is 3.66. The monoisotopic (exact) mass is 219 g/mol. The van der Waals surface area contributed by atoms with Gasteiger partial charge in [-0.3, -0.25) is 0 Å². The van der Waals surface area contributed by atoms with Crippen molar-refractivity contribution < 1.29 is 9.84 Å². The van der Waals surface area contributed by atoms with Gasteiger partial charge in [-0.15, -0.1) is 0 Å². The van der Waals surface area contributed by atoms with Crippen LogP contribution >= 0.6 is 0 Å². The molecule has 0 amide bonds. The van der Waals surface area contributed by atoms with Gasteiger partial charge >= 0.3 is 0 Å². The Hall–Kier alpha value is -1.48. The fraction of sp³-hybridized carbons (Fsp3) is 0.385. The molecule has 0 saturated heterocycles. The Balaban J connectivity index is 2.54. The number of aryl methyl sites for hydroxylation is 2. The molecule has 1 heterocycles. The van der Waals surface area contributed by atoms with E-state index in [-0.39, 0.29) is 6.61 Å². The van der Waals surface area contributed by atoms with E-state index >= 15 is 0 Å². The summed E-state index contributed by atoms with van der Waals surface area (Å²) in [5, 5.41) is 10.1. The number of aromatic nitrogens is 1. The van der Waals surface area contributed by atoms with Gasteiger partial charge in [0.05, 0.1) is 7.11 Å². The van der Waals surface area contributed by atoms with E-state index < -0.39 is 0 Å². The van der Waals surface area contributed by atoms with Crippen LogP contribution in [0.1, 0.15) is 12.0 Å². The predicted molar refractivity (Wildman–Crippen MR) is 64.9 cm³/mol. The molecule has 16 heavy (non-hydrogen) atoms. The predicted octanol–water partition coefficient (Wildman–Crippen LogP) is 2.11. The van der Waals surface area contributed by atoms with Crippen molar-refractivity contribution in [3.63, 3.8) is 0 Å². The molecule has 1 aromatic carbocycles. The molecule has 1 aromatic heterocycles. The third kappa shape index (κ3) is 1.78. The molecule has 0 spiro atoms. The topological polar surface area (TPSA) is 34.4 Å². The average molecular weight is 219 g/mol. The first kappa shape index (κ1) is 11.0. The van der Waals surface area contributed by atoms with Crippen LogP contribution in [-0.2, 0) is 13.5 Å². The van der Waals surface area contributed by atoms with Crippen molar-refractivity contribution in [3.8, 4) is 5.75 Å². The van der Waals surface area contributed by atoms with Crippen molar-refractivity contribution in [1.82, 2.24) is 4.57 Å². The second-order valence-electron chi connectivity index (χ2n) is 3.93. The van der Waals surface area contributed by atoms with E-state index in [1.807, 2.05) is 19.3 Å². The molecule has 3 heteroatoms. The zero-order chi connectivity index (χ0) is 11.5. The standard InChI is InChI=1S/C13H17NO2/c1-14-8-7-10-11(4-3-9-15)13(16-2)6-5-12(10)14/h5-8,15H,3-4,9H2,1-2H3. The maximum Gasteiger partial charge on any atom is 0.122 e. The van der Waals surface area contributed by atoms with E-state index in [1.54, 1.807) is 7.11 Å². The minimum Gasteiger partial charge on any atom is -0.496 e. The van der Waals surface area contributed by atoms with E-state index in [9.17, 15) is 0 Å². The number of aliphatic hydroxyl groups excluding tert-OH is 1. The van der Waals surface area contributed by atoms with Crippen LogP contribution in [0.4, 0.5) is 0 Å². The summed E-state index contributed by atoms with van der Waals surface area (Å²) < 4.78 is 7.46. The number of fused-ring (bicyclic) bond motifs is 1. The summed E-state index contributed by atoms with van der Waals surface area (Å²) in [4.78, 5) is 0. The van der Waals surface area contributed by atoms with Crippen molar-refractivity contribution in [2.75, 3.05) is 13.7 Å². The van der Waals surface area contributed by atoms with Crippen molar-refractivity contribution >= 4 is 10.9 Å². The molecule has 1 N–H and O–H groups in total. The molecule has 0 unspecified atom stereocenters. The first-order valence-corrected chi connectivity index (χ1v) is 5.49. The number of methoxy groups -OCH3 is 1. The number of hydrogen-bond acceptors (Lipinski definition) is 2. The van der Waals surface area contributed by atoms with E-state index in [4.69, 9.17) is 9.84 Å². The van der Waals surface area contributed by atoms with Gasteiger partial charge in [0.2, 0.25) is 0 Å². The smallest absolute Gasteiger partial charge is 0.122 e. The summed E-state index contributed by atoms with van der Waals surface area (Å²) in [7, 11) is 3.72. The van der Waals surface area contributed by atoms with Gasteiger partial charge in [0.25, 0.3) is 0 Å². The molecule has 2 rings (SSSR count). The lowest BCUT2D eigenvalue weighted by atomic mass is 10.0. The summed E-state index contributed by atoms with van der Waals surface area (Å²) in [5.41, 5.74) is 2.39. The van der Waals surface area contributed by atoms with Gasteiger partial charge in [-0.1, -0.05) is 0 Å². The summed E-state index contributed by atoms with van der Waals surface area (Å²) in [5.74, 6) is 0.909. The molecular weight excluding hydrogens is 202 g/mol. The lowest BCUT2D eigenvalue weighted by molar-refractivity contribution is 0.288. The maximum absolute atomic E-state index is 8.92. The van der Waals surface area contributed by atoms with E-state index in [0.29, 0.717) is 0 Å². The van der Waals surface area contributed by atoms with E-state index in [0.717, 1.165) is 18.6 Å². The average Bonchev–Trinajstić information content (AvgIpc) is 2.68. The number of ether oxygens (including phenoxy) is 1. The van der Waals surface area contributed by atoms with Gasteiger partial charge in [-0.05, 0) is 31.0 Å². The molecule has 0 radical (unpaired) electrons. The van der Waals surface area contributed by atoms with Crippen LogP contribution < -0.4 is 4.74 Å². The minimum atomic E-state index is 0.215. The maximum atomic E-state index is 8.92. The quantitative estimate of drug-likeness (QED) is 0.854. The molecule has 0 aliphatic heterocycles. The second-order valence-corrected chi connectivity index (χ2v) is 3.93. The fourth-order valence-corrected chi connectivity index (χ4v) is 2.10. The first-order chi connectivity index (χ1) is 7.77. The molecule has 3 nitrogen and oxygen atoms in total. The minimum absolute atomic E-state index is 0.215. The molecule has 0 saturated carbocycles. The van der Waals surface area contributed by atoms with Gasteiger partial charge in [-0.2, -0.15) is 0 Å². The van der Waals surface area contributed by atoms with Crippen molar-refractivity contribution in [1.29, 1.82) is 0 Å². The van der Waals surface area contributed by atoms with Gasteiger partial charge in [0.1, 0.15) is 5.75 Å². The molecule has 0 aliphatic carbocycles. The van der Waals surface area contributed by atoms with Crippen LogP contribution in [0.2, 0.25) is 0 Å². The Morgan fingerprint density at radius 1 is 1.31 bits per heavy atom. The second kappa shape index (κ2) is 4.58. The zero-order valence-electron chi connectivity index (χ0n) is 9.73. The SMILES string of the molecule is COc1ccc2c(ccn2C)c1CCCO. The molecule has 0 aliphatic rings. The number of hydrogen-bond donors (Lipinski definition) is 1. The number of nitrogens with zero attached hydrogens (tertiary/aromatic N) is 1. The van der Waals surface area contributed by atoms with E-state index in [1.165, 1.54) is 16.5 Å². The Bertz CT molecular complexity index is 488. The molecular formula is C13H17NO2. The number of rotatable bonds is 4. The summed E-state index contributed by atoms with van der Waals surface area (Å²) >= 11 is 0.